The van der Waals surface area contributed by atoms with Gasteiger partial charge >= 0.3 is 0 Å². The lowest BCUT2D eigenvalue weighted by Gasteiger charge is -1.95. The zero-order valence-corrected chi connectivity index (χ0v) is 14.2. The molecule has 21 heavy (non-hydrogen) atoms. The summed E-state index contributed by atoms with van der Waals surface area (Å²) < 4.78 is 0. The van der Waals surface area contributed by atoms with E-state index in [0.717, 1.165) is 11.1 Å². The van der Waals surface area contributed by atoms with E-state index < -0.39 is 5.91 Å². The maximum atomic E-state index is 10.7. The highest BCUT2D eigenvalue weighted by Crippen LogP contribution is 2.27. The van der Waals surface area contributed by atoms with Crippen molar-refractivity contribution in [3.63, 3.8) is 0 Å². The highest BCUT2D eigenvalue weighted by Gasteiger charge is 2.05. The van der Waals surface area contributed by atoms with Gasteiger partial charge in [-0.25, -0.2) is 0 Å². The zero-order valence-electron chi connectivity index (χ0n) is 13.4. The van der Waals surface area contributed by atoms with E-state index in [-0.39, 0.29) is 0 Å². The van der Waals surface area contributed by atoms with Gasteiger partial charge in [-0.2, -0.15) is 0 Å². The molecule has 2 N–H and O–H groups in total. The first-order valence-electron chi connectivity index (χ1n) is 6.88. The molecular weight excluding hydrogens is 278 g/mol. The molecule has 0 fully saturated rings. The number of carbonyl (C=O) groups excluding carboxylic acids is 1. The fourth-order valence-electron chi connectivity index (χ4n) is 1.95. The fourth-order valence-corrected chi connectivity index (χ4v) is 3.01. The fraction of sp³-hybridized carbons (Fsp3) is 0.278. The van der Waals surface area contributed by atoms with Crippen LogP contribution in [-0.4, -0.2) is 5.91 Å². The predicted molar refractivity (Wildman–Crippen MR) is 93.4 cm³/mol. The first-order chi connectivity index (χ1) is 9.81. The topological polar surface area (TPSA) is 43.1 Å². The number of hydrogen-bond donors (Lipinski definition) is 1. The molecule has 0 unspecified atom stereocenters. The van der Waals surface area contributed by atoms with Crippen LogP contribution in [0.3, 0.4) is 0 Å². The molecule has 0 bridgehead atoms. The van der Waals surface area contributed by atoms with Gasteiger partial charge in [-0.15, -0.1) is 11.3 Å². The monoisotopic (exact) mass is 301 g/mol. The SMILES string of the molecule is CC(C=Cc1c(C)sc(C)c1C)=CC=C/C(C)=C/C(N)=O. The molecule has 0 spiro atoms. The van der Waals surface area contributed by atoms with E-state index in [1.165, 1.54) is 27.0 Å². The Morgan fingerprint density at radius 2 is 1.71 bits per heavy atom. The van der Waals surface area contributed by atoms with Gasteiger partial charge in [-0.1, -0.05) is 36.0 Å². The van der Waals surface area contributed by atoms with Crippen molar-refractivity contribution < 1.29 is 4.79 Å². The molecule has 0 atom stereocenters. The molecule has 0 radical (unpaired) electrons. The van der Waals surface area contributed by atoms with Crippen molar-refractivity contribution in [3.05, 3.63) is 62.4 Å². The molecule has 2 nitrogen and oxygen atoms in total. The molecule has 1 amide bonds. The Bertz CT molecular complexity index is 642. The third-order valence-corrected chi connectivity index (χ3v) is 4.36. The second-order valence-corrected chi connectivity index (χ2v) is 6.58. The highest BCUT2D eigenvalue weighted by atomic mass is 32.1. The molecule has 0 aromatic carbocycles. The molecule has 1 aromatic heterocycles. The Hall–Kier alpha value is -1.87. The van der Waals surface area contributed by atoms with Crippen LogP contribution < -0.4 is 5.73 Å². The van der Waals surface area contributed by atoms with Gasteiger partial charge in [0.05, 0.1) is 0 Å². The molecular formula is C18H23NOS. The van der Waals surface area contributed by atoms with Crippen LogP contribution in [0.15, 0.2) is 41.5 Å². The smallest absolute Gasteiger partial charge is 0.241 e. The first-order valence-corrected chi connectivity index (χ1v) is 7.70. The third kappa shape index (κ3) is 5.56. The summed E-state index contributed by atoms with van der Waals surface area (Å²) in [6.45, 7) is 10.4. The second-order valence-electron chi connectivity index (χ2n) is 5.15. The summed E-state index contributed by atoms with van der Waals surface area (Å²) in [5.41, 5.74) is 9.77. The lowest BCUT2D eigenvalue weighted by Crippen LogP contribution is -2.06. The van der Waals surface area contributed by atoms with E-state index in [1.54, 1.807) is 0 Å². The van der Waals surface area contributed by atoms with Crippen molar-refractivity contribution in [2.24, 2.45) is 5.73 Å². The minimum Gasteiger partial charge on any atom is -0.366 e. The number of nitrogens with two attached hydrogens (primary N) is 1. The second kappa shape index (κ2) is 7.79. The van der Waals surface area contributed by atoms with E-state index >= 15 is 0 Å². The standard InChI is InChI=1S/C18H23NOS/c1-12(7-6-8-13(2)11-18(19)20)9-10-17-14(3)15(4)21-16(17)5/h6-11H,1-5H3,(H2,19,20)/b8-6?,10-9?,12-7?,13-11+. The largest absolute Gasteiger partial charge is 0.366 e. The van der Waals surface area contributed by atoms with Crippen molar-refractivity contribution in [2.75, 3.05) is 0 Å². The van der Waals surface area contributed by atoms with Gasteiger partial charge in [-0.3, -0.25) is 4.79 Å². The molecule has 0 saturated heterocycles. The minimum atomic E-state index is -0.420. The Balaban J connectivity index is 2.79. The van der Waals surface area contributed by atoms with Gasteiger partial charge in [-0.05, 0) is 51.3 Å². The Morgan fingerprint density at radius 1 is 1.05 bits per heavy atom. The molecule has 0 aliphatic rings. The van der Waals surface area contributed by atoms with Crippen LogP contribution >= 0.6 is 11.3 Å². The summed E-state index contributed by atoms with van der Waals surface area (Å²) in [4.78, 5) is 13.4. The average molecular weight is 301 g/mol. The Labute approximate surface area is 131 Å². The van der Waals surface area contributed by atoms with Gasteiger partial charge < -0.3 is 5.73 Å². The molecule has 1 rings (SSSR count). The van der Waals surface area contributed by atoms with Crippen molar-refractivity contribution in [3.8, 4) is 0 Å². The molecule has 0 aliphatic carbocycles. The van der Waals surface area contributed by atoms with Crippen molar-refractivity contribution in [2.45, 2.75) is 34.6 Å². The lowest BCUT2D eigenvalue weighted by molar-refractivity contribution is -0.113. The van der Waals surface area contributed by atoms with Crippen LogP contribution in [-0.2, 0) is 4.79 Å². The summed E-state index contributed by atoms with van der Waals surface area (Å²) >= 11 is 1.84. The maximum Gasteiger partial charge on any atom is 0.241 e. The lowest BCUT2D eigenvalue weighted by atomic mass is 10.1. The van der Waals surface area contributed by atoms with E-state index in [4.69, 9.17) is 5.73 Å². The molecule has 1 heterocycles. The van der Waals surface area contributed by atoms with E-state index in [1.807, 2.05) is 36.5 Å². The van der Waals surface area contributed by atoms with Gasteiger partial charge in [0, 0.05) is 15.8 Å². The number of carbonyl (C=O) groups is 1. The van der Waals surface area contributed by atoms with E-state index in [0.29, 0.717) is 0 Å². The number of aryl methyl sites for hydroxylation is 2. The Kier molecular flexibility index (Phi) is 6.38. The molecule has 0 aliphatic heterocycles. The normalized spacial score (nSPS) is 13.6. The molecule has 3 heteroatoms. The first kappa shape index (κ1) is 17.2. The van der Waals surface area contributed by atoms with Crippen LogP contribution in [0.2, 0.25) is 0 Å². The Morgan fingerprint density at radius 3 is 2.24 bits per heavy atom. The average Bonchev–Trinajstić information content (AvgIpc) is 2.60. The van der Waals surface area contributed by atoms with Crippen LogP contribution in [0.5, 0.6) is 0 Å². The van der Waals surface area contributed by atoms with Crippen molar-refractivity contribution in [1.29, 1.82) is 0 Å². The van der Waals surface area contributed by atoms with E-state index in [2.05, 4.69) is 39.8 Å². The van der Waals surface area contributed by atoms with E-state index in [9.17, 15) is 4.79 Å². The number of allylic oxidation sites excluding steroid dienone is 6. The minimum absolute atomic E-state index is 0.420. The zero-order chi connectivity index (χ0) is 16.0. The summed E-state index contributed by atoms with van der Waals surface area (Å²) in [7, 11) is 0. The summed E-state index contributed by atoms with van der Waals surface area (Å²) in [6.07, 6.45) is 11.5. The van der Waals surface area contributed by atoms with Gasteiger partial charge in [0.2, 0.25) is 5.91 Å². The number of amides is 1. The number of thiophene rings is 1. The number of hydrogen-bond acceptors (Lipinski definition) is 2. The van der Waals surface area contributed by atoms with Crippen molar-refractivity contribution >= 4 is 23.3 Å². The quantitative estimate of drug-likeness (QED) is 0.626. The van der Waals surface area contributed by atoms with Crippen LogP contribution in [0.4, 0.5) is 0 Å². The number of rotatable bonds is 5. The summed E-state index contributed by atoms with van der Waals surface area (Å²) in [6, 6.07) is 0. The van der Waals surface area contributed by atoms with Crippen molar-refractivity contribution in [1.82, 2.24) is 0 Å². The van der Waals surface area contributed by atoms with Gasteiger partial charge in [0.1, 0.15) is 0 Å². The highest BCUT2D eigenvalue weighted by molar-refractivity contribution is 7.12. The van der Waals surface area contributed by atoms with Gasteiger partial charge in [0.15, 0.2) is 0 Å². The van der Waals surface area contributed by atoms with Crippen LogP contribution in [0, 0.1) is 20.8 Å². The maximum absolute atomic E-state index is 10.7. The van der Waals surface area contributed by atoms with Crippen LogP contribution in [0.1, 0.15) is 34.7 Å². The summed E-state index contributed by atoms with van der Waals surface area (Å²) in [5, 5.41) is 0. The summed E-state index contributed by atoms with van der Waals surface area (Å²) in [5.74, 6) is -0.420. The van der Waals surface area contributed by atoms with Gasteiger partial charge in [0.25, 0.3) is 0 Å². The molecule has 112 valence electrons. The molecule has 1 aromatic rings. The third-order valence-electron chi connectivity index (χ3n) is 3.22. The number of primary amides is 1. The predicted octanol–water partition coefficient (Wildman–Crippen LogP) is 4.62. The van der Waals surface area contributed by atoms with Crippen LogP contribution in [0.25, 0.3) is 6.08 Å². The molecule has 0 saturated carbocycles.